The van der Waals surface area contributed by atoms with Gasteiger partial charge in [-0.3, -0.25) is 4.79 Å². The first kappa shape index (κ1) is 29.0. The number of amides is 1. The molecule has 0 heterocycles. The Balaban J connectivity index is 1.54. The molecule has 1 aliphatic carbocycles. The molecule has 1 unspecified atom stereocenters. The van der Waals surface area contributed by atoms with Crippen molar-refractivity contribution in [3.63, 3.8) is 0 Å². The Hall–Kier alpha value is -4.04. The van der Waals surface area contributed by atoms with E-state index >= 15 is 0 Å². The number of halogens is 4. The number of carbonyl (C=O) groups is 2. The monoisotopic (exact) mass is 569 g/mol. The molecule has 5 nitrogen and oxygen atoms in total. The largest absolute Gasteiger partial charge is 0.496 e. The number of allylic oxidation sites excluding steroid dienone is 4. The lowest BCUT2D eigenvalue weighted by atomic mass is 9.88. The third-order valence-corrected chi connectivity index (χ3v) is 7.09. The van der Waals surface area contributed by atoms with Crippen molar-refractivity contribution in [1.29, 1.82) is 0 Å². The number of nitrogens with one attached hydrogen (secondary N) is 1. The highest BCUT2D eigenvalue weighted by Gasteiger charge is 2.35. The molecule has 0 saturated carbocycles. The molecule has 0 radical (unpaired) electrons. The van der Waals surface area contributed by atoms with Gasteiger partial charge in [-0.15, -0.1) is 11.6 Å². The van der Waals surface area contributed by atoms with Crippen molar-refractivity contribution in [2.75, 3.05) is 14.2 Å². The van der Waals surface area contributed by atoms with Gasteiger partial charge in [-0.2, -0.15) is 13.2 Å². The van der Waals surface area contributed by atoms with Gasteiger partial charge in [0.1, 0.15) is 11.8 Å². The van der Waals surface area contributed by atoms with Crippen LogP contribution < -0.4 is 10.1 Å². The van der Waals surface area contributed by atoms with E-state index in [1.807, 2.05) is 48.6 Å². The maximum Gasteiger partial charge on any atom is 0.416 e. The maximum absolute atomic E-state index is 13.4. The third-order valence-electron chi connectivity index (χ3n) is 6.65. The van der Waals surface area contributed by atoms with Crippen LogP contribution in [-0.2, 0) is 15.7 Å². The van der Waals surface area contributed by atoms with Crippen molar-refractivity contribution in [3.05, 3.63) is 108 Å². The average molecular weight is 570 g/mol. The van der Waals surface area contributed by atoms with Crippen LogP contribution in [0.3, 0.4) is 0 Å². The Labute approximate surface area is 235 Å². The van der Waals surface area contributed by atoms with Crippen LogP contribution in [0.1, 0.15) is 34.3 Å². The quantitative estimate of drug-likeness (QED) is 0.233. The number of alkyl halides is 4. The molecule has 0 saturated heterocycles. The summed E-state index contributed by atoms with van der Waals surface area (Å²) in [6, 6.07) is 18.0. The number of carbonyl (C=O) groups excluding carboxylic acids is 2. The van der Waals surface area contributed by atoms with Crippen molar-refractivity contribution in [2.24, 2.45) is 0 Å². The van der Waals surface area contributed by atoms with Gasteiger partial charge in [0.2, 0.25) is 0 Å². The summed E-state index contributed by atoms with van der Waals surface area (Å²) in [7, 11) is 2.61. The summed E-state index contributed by atoms with van der Waals surface area (Å²) in [4.78, 5) is 25.1. The fourth-order valence-corrected chi connectivity index (χ4v) is 4.77. The van der Waals surface area contributed by atoms with Crippen molar-refractivity contribution in [1.82, 2.24) is 5.32 Å². The van der Waals surface area contributed by atoms with Crippen molar-refractivity contribution >= 4 is 29.1 Å². The van der Waals surface area contributed by atoms with Crippen molar-refractivity contribution in [2.45, 2.75) is 29.9 Å². The molecule has 1 amide bonds. The summed E-state index contributed by atoms with van der Waals surface area (Å²) in [5.41, 5.74) is 2.33. The molecule has 0 aliphatic heterocycles. The van der Waals surface area contributed by atoms with Crippen molar-refractivity contribution < 1.29 is 32.2 Å². The standard InChI is InChI=1S/C31H27ClF3NO4/c1-39-27-13-10-23(21-8-11-24(12-9-21)31(33,34)35)18-25(27)28(37)36-26(29(38)40-2)19-30(32)16-14-22(15-17-30)20-6-4-3-5-7-20/h3-16,18,26H,17,19H2,1-2H3,(H,36,37)/t26-,30?/m1/s1. The number of ether oxygens (including phenoxy) is 2. The average Bonchev–Trinajstić information content (AvgIpc) is 2.96. The van der Waals surface area contributed by atoms with Crippen LogP contribution in [-0.4, -0.2) is 37.0 Å². The normalized spacial score (nSPS) is 17.5. The summed E-state index contributed by atoms with van der Waals surface area (Å²) >= 11 is 6.87. The van der Waals surface area contributed by atoms with Gasteiger partial charge in [0, 0.05) is 6.42 Å². The molecule has 0 aromatic heterocycles. The van der Waals surface area contributed by atoms with E-state index in [0.717, 1.165) is 23.3 Å². The molecule has 1 N–H and O–H groups in total. The number of methoxy groups -OCH3 is 2. The molecule has 9 heteroatoms. The minimum absolute atomic E-state index is 0.0585. The molecule has 0 bridgehead atoms. The zero-order valence-corrected chi connectivity index (χ0v) is 22.6. The van der Waals surface area contributed by atoms with E-state index in [-0.39, 0.29) is 17.7 Å². The lowest BCUT2D eigenvalue weighted by molar-refractivity contribution is -0.143. The second-order valence-electron chi connectivity index (χ2n) is 9.34. The topological polar surface area (TPSA) is 64.6 Å². The second-order valence-corrected chi connectivity index (χ2v) is 10.1. The number of hydrogen-bond donors (Lipinski definition) is 1. The van der Waals surface area contributed by atoms with Gasteiger partial charge in [0.15, 0.2) is 0 Å². The SMILES string of the molecule is COC(=O)[C@@H](CC1(Cl)C=CC(c2ccccc2)=CC1)NC(=O)c1cc(-c2ccc(C(F)(F)F)cc2)ccc1OC. The highest BCUT2D eigenvalue weighted by atomic mass is 35.5. The minimum atomic E-state index is -4.46. The van der Waals surface area contributed by atoms with Crippen LogP contribution in [0.5, 0.6) is 5.75 Å². The van der Waals surface area contributed by atoms with E-state index in [1.54, 1.807) is 6.07 Å². The molecule has 208 valence electrons. The molecule has 0 fully saturated rings. The van der Waals surface area contributed by atoms with E-state index in [9.17, 15) is 22.8 Å². The molecule has 1 aliphatic rings. The van der Waals surface area contributed by atoms with Crippen LogP contribution in [0.2, 0.25) is 0 Å². The summed E-state index contributed by atoms with van der Waals surface area (Å²) in [6.07, 6.45) is 1.70. The Kier molecular flexibility index (Phi) is 8.69. The number of rotatable bonds is 8. The molecular weight excluding hydrogens is 543 g/mol. The van der Waals surface area contributed by atoms with Crippen LogP contribution in [0, 0.1) is 0 Å². The lowest BCUT2D eigenvalue weighted by Crippen LogP contribution is -2.45. The number of esters is 1. The van der Waals surface area contributed by atoms with Gasteiger partial charge in [-0.1, -0.05) is 66.8 Å². The van der Waals surface area contributed by atoms with Crippen LogP contribution in [0.4, 0.5) is 13.2 Å². The predicted octanol–water partition coefficient (Wildman–Crippen LogP) is 7.06. The molecule has 40 heavy (non-hydrogen) atoms. The smallest absolute Gasteiger partial charge is 0.416 e. The molecule has 0 spiro atoms. The third kappa shape index (κ3) is 6.74. The highest BCUT2D eigenvalue weighted by molar-refractivity contribution is 6.26. The van der Waals surface area contributed by atoms with E-state index in [1.165, 1.54) is 38.5 Å². The first-order valence-electron chi connectivity index (χ1n) is 12.4. The van der Waals surface area contributed by atoms with Gasteiger partial charge < -0.3 is 14.8 Å². The lowest BCUT2D eigenvalue weighted by Gasteiger charge is -2.29. The van der Waals surface area contributed by atoms with Crippen LogP contribution >= 0.6 is 11.6 Å². The van der Waals surface area contributed by atoms with E-state index in [4.69, 9.17) is 21.1 Å². The van der Waals surface area contributed by atoms with Gasteiger partial charge in [0.25, 0.3) is 5.91 Å². The Morgan fingerprint density at radius 1 is 0.975 bits per heavy atom. The highest BCUT2D eigenvalue weighted by Crippen LogP contribution is 2.36. The van der Waals surface area contributed by atoms with Crippen LogP contribution in [0.15, 0.2) is 91.0 Å². The zero-order valence-electron chi connectivity index (χ0n) is 21.8. The summed E-state index contributed by atoms with van der Waals surface area (Å²) < 4.78 is 49.2. The summed E-state index contributed by atoms with van der Waals surface area (Å²) in [6.45, 7) is 0. The molecule has 4 rings (SSSR count). The molecule has 2 atom stereocenters. The van der Waals surface area contributed by atoms with Crippen LogP contribution in [0.25, 0.3) is 16.7 Å². The van der Waals surface area contributed by atoms with Gasteiger partial charge >= 0.3 is 12.1 Å². The first-order valence-corrected chi connectivity index (χ1v) is 12.8. The van der Waals surface area contributed by atoms with Gasteiger partial charge in [-0.05, 0) is 52.9 Å². The fraction of sp³-hybridized carbons (Fsp3) is 0.226. The zero-order chi connectivity index (χ0) is 28.9. The minimum Gasteiger partial charge on any atom is -0.496 e. The fourth-order valence-electron chi connectivity index (χ4n) is 4.48. The summed E-state index contributed by atoms with van der Waals surface area (Å²) in [5, 5.41) is 2.70. The summed E-state index contributed by atoms with van der Waals surface area (Å²) in [5.74, 6) is -1.07. The predicted molar refractivity (Wildman–Crippen MR) is 148 cm³/mol. The van der Waals surface area contributed by atoms with Gasteiger partial charge in [0.05, 0.1) is 30.2 Å². The Morgan fingerprint density at radius 3 is 2.23 bits per heavy atom. The first-order chi connectivity index (χ1) is 19.0. The van der Waals surface area contributed by atoms with Gasteiger partial charge in [-0.25, -0.2) is 4.79 Å². The number of hydrogen-bond acceptors (Lipinski definition) is 4. The molecular formula is C31H27ClF3NO4. The van der Waals surface area contributed by atoms with E-state index < -0.39 is 34.5 Å². The maximum atomic E-state index is 13.4. The van der Waals surface area contributed by atoms with E-state index in [2.05, 4.69) is 5.32 Å². The molecule has 3 aromatic carbocycles. The van der Waals surface area contributed by atoms with Crippen molar-refractivity contribution in [3.8, 4) is 16.9 Å². The Bertz CT molecular complexity index is 1440. The number of benzene rings is 3. The van der Waals surface area contributed by atoms with E-state index in [0.29, 0.717) is 17.5 Å². The molecule has 3 aromatic rings. The second kappa shape index (κ2) is 12.0. The Morgan fingerprint density at radius 2 is 1.65 bits per heavy atom.